The number of piperidine rings is 1. The van der Waals surface area contributed by atoms with Crippen molar-refractivity contribution in [2.45, 2.75) is 31.4 Å². The van der Waals surface area contributed by atoms with Crippen molar-refractivity contribution in [3.05, 3.63) is 46.7 Å². The first kappa shape index (κ1) is 21.7. The highest BCUT2D eigenvalue weighted by Crippen LogP contribution is 2.38. The molecular weight excluding hydrogens is 401 g/mol. The number of rotatable bonds is 4. The fourth-order valence-electron chi connectivity index (χ4n) is 3.99. The average molecular weight is 427 g/mol. The van der Waals surface area contributed by atoms with Gasteiger partial charge in [0.15, 0.2) is 0 Å². The Labute approximate surface area is 172 Å². The number of alkyl halides is 3. The Morgan fingerprint density at radius 2 is 1.86 bits per heavy atom. The summed E-state index contributed by atoms with van der Waals surface area (Å²) in [5.74, 6) is -0.636. The molecule has 29 heavy (non-hydrogen) atoms. The Morgan fingerprint density at radius 3 is 2.45 bits per heavy atom. The predicted octanol–water partition coefficient (Wildman–Crippen LogP) is 3.63. The summed E-state index contributed by atoms with van der Waals surface area (Å²) in [6.07, 6.45) is -0.994. The number of carbonyl (C=O) groups is 1. The van der Waals surface area contributed by atoms with Gasteiger partial charge in [-0.15, -0.1) is 0 Å². The molecule has 0 saturated carbocycles. The number of carbonyl (C=O) groups excluding carboxylic acids is 1. The van der Waals surface area contributed by atoms with Crippen LogP contribution in [0.4, 0.5) is 13.2 Å². The Balaban J connectivity index is 1.66. The van der Waals surface area contributed by atoms with E-state index in [4.69, 9.17) is 11.1 Å². The molecule has 0 spiro atoms. The van der Waals surface area contributed by atoms with Gasteiger partial charge in [0.25, 0.3) is 5.91 Å². The summed E-state index contributed by atoms with van der Waals surface area (Å²) in [6, 6.07) is 5.65. The average Bonchev–Trinajstić information content (AvgIpc) is 2.72. The van der Waals surface area contributed by atoms with Crippen LogP contribution in [0.2, 0.25) is 0 Å². The van der Waals surface area contributed by atoms with Gasteiger partial charge in [0.1, 0.15) is 5.71 Å². The lowest BCUT2D eigenvalue weighted by molar-refractivity contribution is -0.138. The molecule has 5 nitrogen and oxygen atoms in total. The lowest BCUT2D eigenvalue weighted by Crippen LogP contribution is -2.43. The third-order valence-electron chi connectivity index (χ3n) is 5.61. The van der Waals surface area contributed by atoms with Crippen LogP contribution in [0.15, 0.2) is 35.5 Å². The number of amides is 1. The molecule has 3 rings (SSSR count). The monoisotopic (exact) mass is 426 g/mol. The molecule has 3 N–H and O–H groups in total. The summed E-state index contributed by atoms with van der Waals surface area (Å²) in [7, 11) is 0. The topological polar surface area (TPSA) is 73.4 Å². The molecule has 1 saturated heterocycles. The van der Waals surface area contributed by atoms with Crippen LogP contribution in [0.5, 0.6) is 0 Å². The van der Waals surface area contributed by atoms with E-state index in [9.17, 15) is 18.0 Å². The third kappa shape index (κ3) is 4.78. The van der Waals surface area contributed by atoms with Gasteiger partial charge < -0.3 is 10.6 Å². The van der Waals surface area contributed by atoms with Crippen molar-refractivity contribution in [2.75, 3.05) is 32.4 Å². The first-order valence-corrected chi connectivity index (χ1v) is 10.7. The second kappa shape index (κ2) is 8.79. The molecule has 2 heterocycles. The fraction of sp³-hybridized carbons (Fsp3) is 0.500. The van der Waals surface area contributed by atoms with Crippen LogP contribution in [0.25, 0.3) is 0 Å². The largest absolute Gasteiger partial charge is 0.416 e. The van der Waals surface area contributed by atoms with Gasteiger partial charge in [0.2, 0.25) is 0 Å². The van der Waals surface area contributed by atoms with Crippen LogP contribution in [-0.2, 0) is 11.0 Å². The van der Waals surface area contributed by atoms with Crippen LogP contribution < -0.4 is 5.73 Å². The molecule has 0 aliphatic carbocycles. The van der Waals surface area contributed by atoms with Gasteiger partial charge in [-0.3, -0.25) is 10.2 Å². The molecule has 0 unspecified atom stereocenters. The first-order valence-electron chi connectivity index (χ1n) is 9.53. The van der Waals surface area contributed by atoms with Crippen LogP contribution in [0.3, 0.4) is 0 Å². The minimum Gasteiger partial charge on any atom is -0.401 e. The quantitative estimate of drug-likeness (QED) is 0.570. The maximum Gasteiger partial charge on any atom is 0.416 e. The molecule has 1 amide bonds. The van der Waals surface area contributed by atoms with Gasteiger partial charge in [0, 0.05) is 37.4 Å². The van der Waals surface area contributed by atoms with Crippen molar-refractivity contribution in [3.8, 4) is 0 Å². The zero-order valence-electron chi connectivity index (χ0n) is 16.3. The second-order valence-corrected chi connectivity index (χ2v) is 8.21. The summed E-state index contributed by atoms with van der Waals surface area (Å²) in [5, 5.41) is 8.31. The molecule has 0 aromatic heterocycles. The molecule has 1 aromatic rings. The van der Waals surface area contributed by atoms with Gasteiger partial charge in [0.05, 0.1) is 5.56 Å². The zero-order chi connectivity index (χ0) is 21.2. The fourth-order valence-corrected chi connectivity index (χ4v) is 4.54. The van der Waals surface area contributed by atoms with Gasteiger partial charge >= 0.3 is 6.18 Å². The van der Waals surface area contributed by atoms with Crippen molar-refractivity contribution in [2.24, 2.45) is 5.73 Å². The minimum atomic E-state index is -4.39. The van der Waals surface area contributed by atoms with Crippen LogP contribution in [0, 0.1) is 5.41 Å². The lowest BCUT2D eigenvalue weighted by Gasteiger charge is -2.34. The molecule has 9 heteroatoms. The van der Waals surface area contributed by atoms with Gasteiger partial charge in [-0.1, -0.05) is 30.1 Å². The number of benzene rings is 1. The molecule has 1 aromatic carbocycles. The molecule has 2 aliphatic rings. The highest BCUT2D eigenvalue weighted by molar-refractivity contribution is 7.96. The highest BCUT2D eigenvalue weighted by Gasteiger charge is 2.36. The predicted molar refractivity (Wildman–Crippen MR) is 109 cm³/mol. The normalized spacial score (nSPS) is 19.5. The first-order chi connectivity index (χ1) is 13.7. The number of hydrogen-bond acceptors (Lipinski definition) is 5. The van der Waals surface area contributed by atoms with E-state index in [1.54, 1.807) is 22.9 Å². The van der Waals surface area contributed by atoms with Gasteiger partial charge in [-0.25, -0.2) is 4.31 Å². The van der Waals surface area contributed by atoms with Crippen molar-refractivity contribution in [1.29, 1.82) is 5.41 Å². The number of likely N-dealkylation sites (tertiary alicyclic amines) is 1. The summed E-state index contributed by atoms with van der Waals surface area (Å²) >= 11 is 1.57. The smallest absolute Gasteiger partial charge is 0.401 e. The Morgan fingerprint density at radius 1 is 1.21 bits per heavy atom. The van der Waals surface area contributed by atoms with E-state index >= 15 is 0 Å². The number of nitrogens with zero attached hydrogens (tertiary/aromatic N) is 2. The number of nitrogens with two attached hydrogens (primary N) is 1. The molecule has 2 aliphatic heterocycles. The van der Waals surface area contributed by atoms with Crippen molar-refractivity contribution in [1.82, 2.24) is 9.21 Å². The molecule has 0 atom stereocenters. The highest BCUT2D eigenvalue weighted by atomic mass is 32.2. The van der Waals surface area contributed by atoms with E-state index in [-0.39, 0.29) is 17.5 Å². The molecule has 1 fully saturated rings. The van der Waals surface area contributed by atoms with E-state index in [0.717, 1.165) is 12.6 Å². The Kier molecular flexibility index (Phi) is 6.58. The van der Waals surface area contributed by atoms with Crippen molar-refractivity contribution in [3.63, 3.8) is 0 Å². The molecular formula is C20H25F3N4OS. The SMILES string of the molecule is CSN1CCC(C(=N)C(=O)N2CCC(c3ccccc3C(F)(F)F)CC2)=C(N)C1. The molecule has 0 bridgehead atoms. The summed E-state index contributed by atoms with van der Waals surface area (Å²) < 4.78 is 42.0. The minimum absolute atomic E-state index is 0.0857. The summed E-state index contributed by atoms with van der Waals surface area (Å²) in [5.41, 5.74) is 6.81. The standard InChI is InChI=1S/C20H25F3N4OS/c1-29-27-11-8-15(17(24)12-27)18(25)19(28)26-9-6-13(7-10-26)14-4-2-3-5-16(14)20(21,22)23/h2-5,13,25H,6-12,24H2,1H3. The number of nitrogens with one attached hydrogen (secondary N) is 1. The Hall–Kier alpha value is -2.00. The maximum atomic E-state index is 13.3. The van der Waals surface area contributed by atoms with Crippen LogP contribution in [0.1, 0.15) is 36.3 Å². The third-order valence-corrected chi connectivity index (χ3v) is 6.44. The molecule has 158 valence electrons. The van der Waals surface area contributed by atoms with Crippen LogP contribution >= 0.6 is 11.9 Å². The number of halogens is 3. The van der Waals surface area contributed by atoms with E-state index in [1.165, 1.54) is 12.1 Å². The van der Waals surface area contributed by atoms with E-state index < -0.39 is 11.7 Å². The zero-order valence-corrected chi connectivity index (χ0v) is 17.1. The van der Waals surface area contributed by atoms with E-state index in [1.807, 2.05) is 6.26 Å². The lowest BCUT2D eigenvalue weighted by atomic mass is 9.86. The number of hydrogen-bond donors (Lipinski definition) is 2. The molecule has 0 radical (unpaired) electrons. The van der Waals surface area contributed by atoms with Gasteiger partial charge in [-0.2, -0.15) is 13.2 Å². The van der Waals surface area contributed by atoms with E-state index in [0.29, 0.717) is 55.7 Å². The summed E-state index contributed by atoms with van der Waals surface area (Å²) in [6.45, 7) is 1.91. The van der Waals surface area contributed by atoms with Crippen LogP contribution in [-0.4, -0.2) is 53.3 Å². The van der Waals surface area contributed by atoms with E-state index in [2.05, 4.69) is 4.31 Å². The van der Waals surface area contributed by atoms with Gasteiger partial charge in [-0.05, 0) is 43.1 Å². The maximum absolute atomic E-state index is 13.3. The van der Waals surface area contributed by atoms with Crippen molar-refractivity contribution < 1.29 is 18.0 Å². The second-order valence-electron chi connectivity index (χ2n) is 7.33. The Bertz CT molecular complexity index is 816. The summed E-state index contributed by atoms with van der Waals surface area (Å²) in [4.78, 5) is 14.3. The van der Waals surface area contributed by atoms with Crippen molar-refractivity contribution >= 4 is 23.6 Å².